The van der Waals surface area contributed by atoms with Gasteiger partial charge in [-0.1, -0.05) is 6.07 Å². The molecular formula is C16H19N3O4. The number of aromatic nitrogens is 1. The Kier molecular flexibility index (Phi) is 4.47. The van der Waals surface area contributed by atoms with Gasteiger partial charge in [-0.2, -0.15) is 0 Å². The number of anilines is 1. The number of carbonyl (C=O) groups excluding carboxylic acids is 1. The summed E-state index contributed by atoms with van der Waals surface area (Å²) in [6.45, 7) is 1.17. The van der Waals surface area contributed by atoms with Crippen molar-refractivity contribution in [3.8, 4) is 5.75 Å². The Balaban J connectivity index is 1.74. The molecule has 3 N–H and O–H groups in total. The highest BCUT2D eigenvalue weighted by Gasteiger charge is 2.17. The lowest BCUT2D eigenvalue weighted by Crippen LogP contribution is -2.36. The van der Waals surface area contributed by atoms with Crippen LogP contribution in [0.15, 0.2) is 29.2 Å². The van der Waals surface area contributed by atoms with Crippen molar-refractivity contribution < 1.29 is 14.3 Å². The average molecular weight is 317 g/mol. The number of amides is 2. The number of aromatic amines is 1. The summed E-state index contributed by atoms with van der Waals surface area (Å²) < 4.78 is 10.7. The smallest absolute Gasteiger partial charge is 0.319 e. The summed E-state index contributed by atoms with van der Waals surface area (Å²) in [7, 11) is 1.54. The quantitative estimate of drug-likeness (QED) is 0.802. The normalized spacial score (nSPS) is 17.2. The topological polar surface area (TPSA) is 92.4 Å². The fraction of sp³-hybridized carbons (Fsp3) is 0.375. The molecule has 2 heterocycles. The molecule has 1 saturated heterocycles. The molecule has 3 rings (SSSR count). The van der Waals surface area contributed by atoms with Gasteiger partial charge in [-0.05, 0) is 25.0 Å². The summed E-state index contributed by atoms with van der Waals surface area (Å²) in [4.78, 5) is 27.4. The number of hydrogen-bond donors (Lipinski definition) is 3. The molecule has 1 unspecified atom stereocenters. The molecular weight excluding hydrogens is 298 g/mol. The van der Waals surface area contributed by atoms with Crippen LogP contribution in [0.25, 0.3) is 10.9 Å². The van der Waals surface area contributed by atoms with Crippen LogP contribution in [-0.2, 0) is 4.74 Å². The molecule has 1 aliphatic rings. The van der Waals surface area contributed by atoms with Crippen molar-refractivity contribution in [3.05, 3.63) is 34.6 Å². The maximum atomic E-state index is 12.4. The number of rotatable bonds is 4. The molecule has 1 fully saturated rings. The van der Waals surface area contributed by atoms with Gasteiger partial charge in [0, 0.05) is 19.3 Å². The van der Waals surface area contributed by atoms with E-state index in [0.717, 1.165) is 19.4 Å². The predicted octanol–water partition coefficient (Wildman–Crippen LogP) is 1.84. The number of pyridine rings is 1. The molecule has 0 bridgehead atoms. The van der Waals surface area contributed by atoms with Gasteiger partial charge in [0.15, 0.2) is 0 Å². The van der Waals surface area contributed by atoms with Gasteiger partial charge in [0.25, 0.3) is 0 Å². The highest BCUT2D eigenvalue weighted by Crippen LogP contribution is 2.21. The molecule has 0 saturated carbocycles. The van der Waals surface area contributed by atoms with Crippen LogP contribution in [0.3, 0.4) is 0 Å². The Bertz CT molecular complexity index is 765. The Morgan fingerprint density at radius 2 is 2.35 bits per heavy atom. The van der Waals surface area contributed by atoms with Crippen molar-refractivity contribution in [2.45, 2.75) is 18.9 Å². The lowest BCUT2D eigenvalue weighted by Gasteiger charge is -2.12. The van der Waals surface area contributed by atoms with Gasteiger partial charge >= 0.3 is 6.03 Å². The fourth-order valence-corrected chi connectivity index (χ4v) is 2.67. The number of H-pyrrole nitrogens is 1. The zero-order chi connectivity index (χ0) is 16.2. The molecule has 2 aromatic rings. The Morgan fingerprint density at radius 3 is 3.09 bits per heavy atom. The Hall–Kier alpha value is -2.54. The van der Waals surface area contributed by atoms with Crippen molar-refractivity contribution >= 4 is 22.6 Å². The van der Waals surface area contributed by atoms with Gasteiger partial charge < -0.3 is 25.1 Å². The molecule has 0 aliphatic carbocycles. The van der Waals surface area contributed by atoms with Crippen LogP contribution in [0, 0.1) is 0 Å². The number of benzene rings is 1. The first kappa shape index (κ1) is 15.4. The van der Waals surface area contributed by atoms with Gasteiger partial charge in [0.2, 0.25) is 5.43 Å². The first-order chi connectivity index (χ1) is 11.2. The van der Waals surface area contributed by atoms with E-state index in [0.29, 0.717) is 23.2 Å². The van der Waals surface area contributed by atoms with E-state index in [2.05, 4.69) is 15.6 Å². The van der Waals surface area contributed by atoms with Gasteiger partial charge in [-0.25, -0.2) is 4.79 Å². The largest absolute Gasteiger partial charge is 0.495 e. The van der Waals surface area contributed by atoms with Gasteiger partial charge in [0.1, 0.15) is 11.4 Å². The molecule has 1 aromatic heterocycles. The van der Waals surface area contributed by atoms with Crippen molar-refractivity contribution in [1.29, 1.82) is 0 Å². The van der Waals surface area contributed by atoms with Gasteiger partial charge in [0.05, 0.1) is 24.1 Å². The SMILES string of the molecule is COc1cccc2c(=O)c(NC(=O)NCC3CCCO3)c[nH]c12. The number of para-hydroxylation sites is 1. The van der Waals surface area contributed by atoms with E-state index < -0.39 is 6.03 Å². The summed E-state index contributed by atoms with van der Waals surface area (Å²) in [5.41, 5.74) is 0.533. The summed E-state index contributed by atoms with van der Waals surface area (Å²) in [5.74, 6) is 0.578. The first-order valence-corrected chi connectivity index (χ1v) is 7.54. The second-order valence-electron chi connectivity index (χ2n) is 5.38. The highest BCUT2D eigenvalue weighted by atomic mass is 16.5. The zero-order valence-electron chi connectivity index (χ0n) is 12.8. The second kappa shape index (κ2) is 6.70. The third-order valence-corrected chi connectivity index (χ3v) is 3.86. The number of ether oxygens (including phenoxy) is 2. The minimum absolute atomic E-state index is 0.0555. The molecule has 2 amide bonds. The van der Waals surface area contributed by atoms with Crippen molar-refractivity contribution in [3.63, 3.8) is 0 Å². The van der Waals surface area contributed by atoms with E-state index in [-0.39, 0.29) is 17.2 Å². The first-order valence-electron chi connectivity index (χ1n) is 7.54. The molecule has 1 aliphatic heterocycles. The standard InChI is InChI=1S/C16H19N3O4/c1-22-13-6-2-5-11-14(13)17-9-12(15(11)20)19-16(21)18-8-10-4-3-7-23-10/h2,5-6,9-10H,3-4,7-8H2,1H3,(H,17,20)(H2,18,19,21). The molecule has 7 heteroatoms. The summed E-state index contributed by atoms with van der Waals surface area (Å²) in [6, 6.07) is 4.76. The minimum Gasteiger partial charge on any atom is -0.495 e. The molecule has 1 aromatic carbocycles. The van der Waals surface area contributed by atoms with E-state index in [9.17, 15) is 9.59 Å². The second-order valence-corrected chi connectivity index (χ2v) is 5.38. The number of hydrogen-bond acceptors (Lipinski definition) is 4. The van der Waals surface area contributed by atoms with Crippen LogP contribution in [0.5, 0.6) is 5.75 Å². The molecule has 7 nitrogen and oxygen atoms in total. The molecule has 122 valence electrons. The average Bonchev–Trinajstić information content (AvgIpc) is 3.08. The van der Waals surface area contributed by atoms with E-state index in [4.69, 9.17) is 9.47 Å². The maximum Gasteiger partial charge on any atom is 0.319 e. The van der Waals surface area contributed by atoms with Gasteiger partial charge in [-0.3, -0.25) is 4.79 Å². The highest BCUT2D eigenvalue weighted by molar-refractivity contribution is 5.93. The van der Waals surface area contributed by atoms with Crippen LogP contribution in [0.1, 0.15) is 12.8 Å². The van der Waals surface area contributed by atoms with Crippen molar-refractivity contribution in [2.24, 2.45) is 0 Å². The number of urea groups is 1. The maximum absolute atomic E-state index is 12.4. The third kappa shape index (κ3) is 3.29. The number of nitrogens with one attached hydrogen (secondary N) is 3. The number of methoxy groups -OCH3 is 1. The van der Waals surface area contributed by atoms with Crippen LogP contribution >= 0.6 is 0 Å². The van der Waals surface area contributed by atoms with Crippen molar-refractivity contribution in [2.75, 3.05) is 25.6 Å². The van der Waals surface area contributed by atoms with E-state index >= 15 is 0 Å². The van der Waals surface area contributed by atoms with Crippen LogP contribution < -0.4 is 20.8 Å². The minimum atomic E-state index is -0.423. The van der Waals surface area contributed by atoms with Crippen LogP contribution in [0.2, 0.25) is 0 Å². The molecule has 0 spiro atoms. The Morgan fingerprint density at radius 1 is 1.48 bits per heavy atom. The third-order valence-electron chi connectivity index (χ3n) is 3.86. The monoisotopic (exact) mass is 317 g/mol. The van der Waals surface area contributed by atoms with E-state index in [1.165, 1.54) is 13.3 Å². The van der Waals surface area contributed by atoms with Gasteiger partial charge in [-0.15, -0.1) is 0 Å². The van der Waals surface area contributed by atoms with Crippen LogP contribution in [-0.4, -0.2) is 37.4 Å². The molecule has 1 atom stereocenters. The summed E-state index contributed by atoms with van der Waals surface area (Å²) in [6.07, 6.45) is 3.48. The molecule has 0 radical (unpaired) electrons. The lowest BCUT2D eigenvalue weighted by molar-refractivity contribution is 0.112. The van der Waals surface area contributed by atoms with Crippen molar-refractivity contribution in [1.82, 2.24) is 10.3 Å². The number of carbonyl (C=O) groups is 1. The van der Waals surface area contributed by atoms with E-state index in [1.807, 2.05) is 0 Å². The van der Waals surface area contributed by atoms with E-state index in [1.54, 1.807) is 18.2 Å². The predicted molar refractivity (Wildman–Crippen MR) is 87.1 cm³/mol. The summed E-state index contributed by atoms with van der Waals surface area (Å²) >= 11 is 0. The Labute approximate surface area is 133 Å². The lowest BCUT2D eigenvalue weighted by atomic mass is 10.2. The zero-order valence-corrected chi connectivity index (χ0v) is 12.8. The van der Waals surface area contributed by atoms with Crippen LogP contribution in [0.4, 0.5) is 10.5 Å². The number of fused-ring (bicyclic) bond motifs is 1. The fourth-order valence-electron chi connectivity index (χ4n) is 2.67. The summed E-state index contributed by atoms with van der Waals surface area (Å²) in [5, 5.41) is 5.75. The molecule has 23 heavy (non-hydrogen) atoms.